The first-order valence-corrected chi connectivity index (χ1v) is 6.88. The summed E-state index contributed by atoms with van der Waals surface area (Å²) >= 11 is 0. The Labute approximate surface area is 123 Å². The van der Waals surface area contributed by atoms with Gasteiger partial charge in [0.25, 0.3) is 0 Å². The number of benzene rings is 2. The second-order valence-corrected chi connectivity index (χ2v) is 5.28. The first-order valence-electron chi connectivity index (χ1n) is 6.88. The van der Waals surface area contributed by atoms with Crippen LogP contribution in [0.5, 0.6) is 0 Å². The van der Waals surface area contributed by atoms with Crippen LogP contribution in [0.1, 0.15) is 18.1 Å². The number of rotatable bonds is 5. The smallest absolute Gasteiger partial charge is 0.129 e. The molecule has 4 heteroatoms. The van der Waals surface area contributed by atoms with Crippen molar-refractivity contribution < 1.29 is 13.9 Å². The number of hydrogen-bond donors (Lipinski definition) is 2. The number of nitrogens with two attached hydrogens (primary N) is 1. The first kappa shape index (κ1) is 15.6. The van der Waals surface area contributed by atoms with Crippen molar-refractivity contribution in [2.75, 3.05) is 6.54 Å². The molecule has 0 saturated heterocycles. The van der Waals surface area contributed by atoms with E-state index in [9.17, 15) is 13.9 Å². The molecule has 21 heavy (non-hydrogen) atoms. The lowest BCUT2D eigenvalue weighted by molar-refractivity contribution is 0.0989. The van der Waals surface area contributed by atoms with Gasteiger partial charge in [-0.1, -0.05) is 36.4 Å². The van der Waals surface area contributed by atoms with E-state index >= 15 is 0 Å². The Morgan fingerprint density at radius 1 is 1.05 bits per heavy atom. The standard InChI is InChI=1S/C17H19F2NO/c1-12(21)17(11-20,13-6-3-2-4-7-13)10-14-15(18)8-5-9-16(14)19/h2-9,12,21H,10-11,20H2,1H3. The fourth-order valence-corrected chi connectivity index (χ4v) is 2.64. The van der Waals surface area contributed by atoms with Crippen LogP contribution in [0, 0.1) is 11.6 Å². The molecule has 0 aliphatic carbocycles. The Kier molecular flexibility index (Phi) is 4.70. The molecular formula is C17H19F2NO. The van der Waals surface area contributed by atoms with E-state index in [1.165, 1.54) is 18.2 Å². The van der Waals surface area contributed by atoms with Crippen LogP contribution in [0.2, 0.25) is 0 Å². The van der Waals surface area contributed by atoms with Crippen LogP contribution in [-0.4, -0.2) is 17.8 Å². The monoisotopic (exact) mass is 291 g/mol. The Morgan fingerprint density at radius 2 is 1.62 bits per heavy atom. The van der Waals surface area contributed by atoms with Gasteiger partial charge in [0, 0.05) is 17.5 Å². The summed E-state index contributed by atoms with van der Waals surface area (Å²) in [6.07, 6.45) is -0.840. The maximum atomic E-state index is 13.9. The van der Waals surface area contributed by atoms with Gasteiger partial charge in [0.2, 0.25) is 0 Å². The van der Waals surface area contributed by atoms with Gasteiger partial charge in [0.1, 0.15) is 11.6 Å². The van der Waals surface area contributed by atoms with Gasteiger partial charge in [0.05, 0.1) is 6.10 Å². The summed E-state index contributed by atoms with van der Waals surface area (Å²) in [4.78, 5) is 0. The second-order valence-electron chi connectivity index (χ2n) is 5.28. The van der Waals surface area contributed by atoms with Crippen molar-refractivity contribution in [3.63, 3.8) is 0 Å². The summed E-state index contributed by atoms with van der Waals surface area (Å²) in [5.41, 5.74) is 5.68. The molecule has 112 valence electrons. The summed E-state index contributed by atoms with van der Waals surface area (Å²) in [6, 6.07) is 12.9. The quantitative estimate of drug-likeness (QED) is 0.890. The molecule has 0 saturated carbocycles. The molecule has 0 amide bonds. The summed E-state index contributed by atoms with van der Waals surface area (Å²) in [6.45, 7) is 1.68. The lowest BCUT2D eigenvalue weighted by Gasteiger charge is -2.36. The molecule has 3 N–H and O–H groups in total. The molecule has 2 aromatic carbocycles. The Balaban J connectivity index is 2.52. The lowest BCUT2D eigenvalue weighted by atomic mass is 9.71. The van der Waals surface area contributed by atoms with Gasteiger partial charge in [-0.15, -0.1) is 0 Å². The maximum Gasteiger partial charge on any atom is 0.129 e. The fraction of sp³-hybridized carbons (Fsp3) is 0.294. The third-order valence-electron chi connectivity index (χ3n) is 4.07. The molecule has 0 fully saturated rings. The molecular weight excluding hydrogens is 272 g/mol. The fourth-order valence-electron chi connectivity index (χ4n) is 2.64. The summed E-state index contributed by atoms with van der Waals surface area (Å²) in [5.74, 6) is -1.24. The SMILES string of the molecule is CC(O)C(CN)(Cc1c(F)cccc1F)c1ccccc1. The van der Waals surface area contributed by atoms with Gasteiger partial charge in [0.15, 0.2) is 0 Å². The highest BCUT2D eigenvalue weighted by Gasteiger charge is 2.37. The van der Waals surface area contributed by atoms with Crippen molar-refractivity contribution in [2.24, 2.45) is 5.73 Å². The second kappa shape index (κ2) is 6.33. The van der Waals surface area contributed by atoms with Crippen LogP contribution in [0.15, 0.2) is 48.5 Å². The van der Waals surface area contributed by atoms with E-state index < -0.39 is 23.2 Å². The molecule has 0 aliphatic rings. The van der Waals surface area contributed by atoms with Gasteiger partial charge in [-0.05, 0) is 31.0 Å². The van der Waals surface area contributed by atoms with E-state index in [0.717, 1.165) is 5.56 Å². The maximum absolute atomic E-state index is 13.9. The Bertz CT molecular complexity index is 581. The zero-order valence-electron chi connectivity index (χ0n) is 11.9. The minimum absolute atomic E-state index is 0.00366. The number of hydrogen-bond acceptors (Lipinski definition) is 2. The van der Waals surface area contributed by atoms with Gasteiger partial charge in [-0.2, -0.15) is 0 Å². The molecule has 0 spiro atoms. The summed E-state index contributed by atoms with van der Waals surface area (Å²) < 4.78 is 27.9. The third-order valence-corrected chi connectivity index (χ3v) is 4.07. The molecule has 2 unspecified atom stereocenters. The van der Waals surface area contributed by atoms with E-state index in [4.69, 9.17) is 5.73 Å². The summed E-state index contributed by atoms with van der Waals surface area (Å²) in [5, 5.41) is 10.2. The molecule has 2 aromatic rings. The third kappa shape index (κ3) is 2.96. The van der Waals surface area contributed by atoms with Crippen LogP contribution in [0.4, 0.5) is 8.78 Å². The lowest BCUT2D eigenvalue weighted by Crippen LogP contribution is -2.46. The van der Waals surface area contributed by atoms with E-state index in [2.05, 4.69) is 0 Å². The molecule has 2 nitrogen and oxygen atoms in total. The first-order chi connectivity index (χ1) is 10.0. The van der Waals surface area contributed by atoms with Gasteiger partial charge in [-0.3, -0.25) is 0 Å². The van der Waals surface area contributed by atoms with Crippen LogP contribution >= 0.6 is 0 Å². The molecule has 0 radical (unpaired) electrons. The largest absolute Gasteiger partial charge is 0.392 e. The van der Waals surface area contributed by atoms with E-state index in [-0.39, 0.29) is 18.5 Å². The average molecular weight is 291 g/mol. The molecule has 2 atom stereocenters. The van der Waals surface area contributed by atoms with Crippen LogP contribution < -0.4 is 5.73 Å². The van der Waals surface area contributed by atoms with Crippen molar-refractivity contribution in [1.29, 1.82) is 0 Å². The van der Waals surface area contributed by atoms with Crippen LogP contribution in [-0.2, 0) is 11.8 Å². The minimum atomic E-state index is -0.926. The highest BCUT2D eigenvalue weighted by molar-refractivity contribution is 5.32. The van der Waals surface area contributed by atoms with E-state index in [1.807, 2.05) is 30.3 Å². The van der Waals surface area contributed by atoms with E-state index in [0.29, 0.717) is 0 Å². The molecule has 0 bridgehead atoms. The van der Waals surface area contributed by atoms with Crippen LogP contribution in [0.3, 0.4) is 0 Å². The molecule has 0 aliphatic heterocycles. The van der Waals surface area contributed by atoms with Gasteiger partial charge >= 0.3 is 0 Å². The summed E-state index contributed by atoms with van der Waals surface area (Å²) in [7, 11) is 0. The number of aliphatic hydroxyl groups excluding tert-OH is 1. The average Bonchev–Trinajstić information content (AvgIpc) is 2.48. The predicted molar refractivity (Wildman–Crippen MR) is 78.9 cm³/mol. The molecule has 2 rings (SSSR count). The van der Waals surface area contributed by atoms with Crippen molar-refractivity contribution in [2.45, 2.75) is 24.9 Å². The van der Waals surface area contributed by atoms with Crippen molar-refractivity contribution in [1.82, 2.24) is 0 Å². The normalized spacial score (nSPS) is 15.5. The highest BCUT2D eigenvalue weighted by atomic mass is 19.1. The van der Waals surface area contributed by atoms with Crippen molar-refractivity contribution >= 4 is 0 Å². The zero-order valence-corrected chi connectivity index (χ0v) is 11.9. The number of aliphatic hydroxyl groups is 1. The minimum Gasteiger partial charge on any atom is -0.392 e. The van der Waals surface area contributed by atoms with E-state index in [1.54, 1.807) is 6.92 Å². The Hall–Kier alpha value is -1.78. The molecule has 0 heterocycles. The van der Waals surface area contributed by atoms with Gasteiger partial charge in [-0.25, -0.2) is 8.78 Å². The van der Waals surface area contributed by atoms with Crippen LogP contribution in [0.25, 0.3) is 0 Å². The predicted octanol–water partition coefficient (Wildman–Crippen LogP) is 2.78. The van der Waals surface area contributed by atoms with Gasteiger partial charge < -0.3 is 10.8 Å². The Morgan fingerprint density at radius 3 is 2.10 bits per heavy atom. The number of halogens is 2. The van der Waals surface area contributed by atoms with Crippen molar-refractivity contribution in [3.8, 4) is 0 Å². The zero-order chi connectivity index (χ0) is 15.5. The van der Waals surface area contributed by atoms with Crippen molar-refractivity contribution in [3.05, 3.63) is 71.3 Å². The molecule has 0 aromatic heterocycles. The highest BCUT2D eigenvalue weighted by Crippen LogP contribution is 2.33. The topological polar surface area (TPSA) is 46.2 Å².